The number of hydrogen-bond donors (Lipinski definition) is 1. The van der Waals surface area contributed by atoms with Gasteiger partial charge in [-0.1, -0.05) is 12.1 Å². The van der Waals surface area contributed by atoms with E-state index in [9.17, 15) is 8.42 Å². The Balaban J connectivity index is 1.42. The molecule has 1 saturated heterocycles. The predicted molar refractivity (Wildman–Crippen MR) is 120 cm³/mol. The molecule has 1 aliphatic rings. The van der Waals surface area contributed by atoms with E-state index in [1.807, 2.05) is 43.3 Å². The van der Waals surface area contributed by atoms with Gasteiger partial charge in [-0.2, -0.15) is 4.31 Å². The fraction of sp³-hybridized carbons (Fsp3) is 0.304. The summed E-state index contributed by atoms with van der Waals surface area (Å²) in [6, 6.07) is 18.2. The van der Waals surface area contributed by atoms with Gasteiger partial charge in [-0.3, -0.25) is 0 Å². The van der Waals surface area contributed by atoms with E-state index < -0.39 is 10.0 Å². The third-order valence-corrected chi connectivity index (χ3v) is 7.40. The summed E-state index contributed by atoms with van der Waals surface area (Å²) in [4.78, 5) is 9.50. The quantitative estimate of drug-likeness (QED) is 0.624. The zero-order valence-electron chi connectivity index (χ0n) is 17.7. The Morgan fingerprint density at radius 3 is 2.23 bits per heavy atom. The van der Waals surface area contributed by atoms with Gasteiger partial charge in [0.25, 0.3) is 0 Å². The van der Waals surface area contributed by atoms with E-state index in [4.69, 9.17) is 9.72 Å². The Hall–Kier alpha value is -2.97. The second kappa shape index (κ2) is 9.03. The van der Waals surface area contributed by atoms with Gasteiger partial charge in [0.05, 0.1) is 12.0 Å². The number of piperidine rings is 1. The van der Waals surface area contributed by atoms with Crippen LogP contribution in [0.4, 0.5) is 11.6 Å². The van der Waals surface area contributed by atoms with Crippen molar-refractivity contribution >= 4 is 21.7 Å². The highest BCUT2D eigenvalue weighted by molar-refractivity contribution is 7.89. The Morgan fingerprint density at radius 1 is 0.935 bits per heavy atom. The number of aromatic nitrogens is 2. The molecule has 0 amide bonds. The second-order valence-corrected chi connectivity index (χ2v) is 9.53. The van der Waals surface area contributed by atoms with E-state index in [0.717, 1.165) is 35.9 Å². The van der Waals surface area contributed by atoms with Crippen molar-refractivity contribution in [3.63, 3.8) is 0 Å². The standard InChI is InChI=1S/C23H26N4O3S/c1-17-5-3-7-22(24-17)26-23-8-4-6-21(25-23)18-13-15-27(16-14-18)31(28,29)20-11-9-19(30-2)10-12-20/h3-12,18H,13-16H2,1-2H3,(H,24,25,26). The van der Waals surface area contributed by atoms with Crippen LogP contribution in [-0.2, 0) is 10.0 Å². The lowest BCUT2D eigenvalue weighted by molar-refractivity contribution is 0.317. The van der Waals surface area contributed by atoms with Gasteiger partial charge >= 0.3 is 0 Å². The van der Waals surface area contributed by atoms with E-state index >= 15 is 0 Å². The number of hydrogen-bond acceptors (Lipinski definition) is 6. The smallest absolute Gasteiger partial charge is 0.243 e. The number of methoxy groups -OCH3 is 1. The van der Waals surface area contributed by atoms with E-state index in [2.05, 4.69) is 10.3 Å². The van der Waals surface area contributed by atoms with Gasteiger partial charge in [0.1, 0.15) is 17.4 Å². The van der Waals surface area contributed by atoms with Gasteiger partial charge in [0.2, 0.25) is 10.0 Å². The fourth-order valence-electron chi connectivity index (χ4n) is 3.78. The zero-order chi connectivity index (χ0) is 21.8. The monoisotopic (exact) mass is 438 g/mol. The summed E-state index contributed by atoms with van der Waals surface area (Å²) in [5.41, 5.74) is 1.91. The van der Waals surface area contributed by atoms with Crippen molar-refractivity contribution in [2.45, 2.75) is 30.6 Å². The number of rotatable bonds is 6. The third-order valence-electron chi connectivity index (χ3n) is 5.48. The number of ether oxygens (including phenoxy) is 1. The Bertz CT molecular complexity index is 1140. The number of nitrogens with zero attached hydrogens (tertiary/aromatic N) is 3. The van der Waals surface area contributed by atoms with Crippen molar-refractivity contribution in [3.8, 4) is 5.75 Å². The van der Waals surface area contributed by atoms with Crippen molar-refractivity contribution < 1.29 is 13.2 Å². The van der Waals surface area contributed by atoms with Gasteiger partial charge in [0, 0.05) is 30.4 Å². The summed E-state index contributed by atoms with van der Waals surface area (Å²) in [7, 11) is -1.95. The van der Waals surface area contributed by atoms with Crippen molar-refractivity contribution in [2.24, 2.45) is 0 Å². The Labute approximate surface area is 183 Å². The zero-order valence-corrected chi connectivity index (χ0v) is 18.5. The highest BCUT2D eigenvalue weighted by Crippen LogP contribution is 2.31. The van der Waals surface area contributed by atoms with Crippen LogP contribution >= 0.6 is 0 Å². The van der Waals surface area contributed by atoms with E-state index in [-0.39, 0.29) is 5.92 Å². The minimum atomic E-state index is -3.51. The first-order valence-corrected chi connectivity index (χ1v) is 11.7. The average Bonchev–Trinajstić information content (AvgIpc) is 2.79. The van der Waals surface area contributed by atoms with Crippen molar-refractivity contribution in [2.75, 3.05) is 25.5 Å². The first-order chi connectivity index (χ1) is 15.0. The molecule has 2 aromatic heterocycles. The molecule has 7 nitrogen and oxygen atoms in total. The predicted octanol–water partition coefficient (Wildman–Crippen LogP) is 4.11. The molecule has 8 heteroatoms. The molecule has 0 atom stereocenters. The lowest BCUT2D eigenvalue weighted by Crippen LogP contribution is -2.38. The largest absolute Gasteiger partial charge is 0.497 e. The Morgan fingerprint density at radius 2 is 1.58 bits per heavy atom. The van der Waals surface area contributed by atoms with E-state index in [1.165, 1.54) is 0 Å². The molecule has 0 bridgehead atoms. The van der Waals surface area contributed by atoms with Gasteiger partial charge in [-0.25, -0.2) is 18.4 Å². The molecule has 3 aromatic rings. The maximum Gasteiger partial charge on any atom is 0.243 e. The summed E-state index contributed by atoms with van der Waals surface area (Å²) in [6.45, 7) is 2.89. The van der Waals surface area contributed by atoms with Crippen LogP contribution in [0.1, 0.15) is 30.1 Å². The summed E-state index contributed by atoms with van der Waals surface area (Å²) in [6.07, 6.45) is 1.46. The van der Waals surface area contributed by atoms with Gasteiger partial charge in [-0.15, -0.1) is 0 Å². The highest BCUT2D eigenvalue weighted by Gasteiger charge is 2.30. The lowest BCUT2D eigenvalue weighted by atomic mass is 9.94. The van der Waals surface area contributed by atoms with Crippen LogP contribution in [0.15, 0.2) is 65.6 Å². The highest BCUT2D eigenvalue weighted by atomic mass is 32.2. The number of anilines is 2. The number of pyridine rings is 2. The van der Waals surface area contributed by atoms with Crippen LogP contribution in [0, 0.1) is 6.92 Å². The van der Waals surface area contributed by atoms with Crippen LogP contribution in [0.5, 0.6) is 5.75 Å². The molecule has 31 heavy (non-hydrogen) atoms. The van der Waals surface area contributed by atoms with E-state index in [1.54, 1.807) is 35.7 Å². The van der Waals surface area contributed by atoms with Crippen LogP contribution < -0.4 is 10.1 Å². The van der Waals surface area contributed by atoms with Crippen LogP contribution in [0.3, 0.4) is 0 Å². The number of aryl methyl sites for hydroxylation is 1. The van der Waals surface area contributed by atoms with Crippen LogP contribution in [0.2, 0.25) is 0 Å². The lowest BCUT2D eigenvalue weighted by Gasteiger charge is -2.31. The average molecular weight is 439 g/mol. The van der Waals surface area contributed by atoms with Crippen LogP contribution in [0.25, 0.3) is 0 Å². The SMILES string of the molecule is COc1ccc(S(=O)(=O)N2CCC(c3cccc(Nc4cccc(C)n4)n3)CC2)cc1. The molecule has 0 radical (unpaired) electrons. The summed E-state index contributed by atoms with van der Waals surface area (Å²) in [5.74, 6) is 2.35. The summed E-state index contributed by atoms with van der Waals surface area (Å²) in [5, 5.41) is 3.25. The first kappa shape index (κ1) is 21.3. The Kier molecular flexibility index (Phi) is 6.20. The van der Waals surface area contributed by atoms with E-state index in [0.29, 0.717) is 23.7 Å². The molecular weight excluding hydrogens is 412 g/mol. The topological polar surface area (TPSA) is 84.4 Å². The molecule has 4 rings (SSSR count). The minimum Gasteiger partial charge on any atom is -0.497 e. The van der Waals surface area contributed by atoms with Crippen LogP contribution in [-0.4, -0.2) is 42.9 Å². The maximum atomic E-state index is 13.0. The number of sulfonamides is 1. The van der Waals surface area contributed by atoms with Crippen molar-refractivity contribution in [1.82, 2.24) is 14.3 Å². The molecule has 1 N–H and O–H groups in total. The minimum absolute atomic E-state index is 0.217. The normalized spacial score (nSPS) is 15.5. The summed E-state index contributed by atoms with van der Waals surface area (Å²) >= 11 is 0. The number of nitrogens with one attached hydrogen (secondary N) is 1. The second-order valence-electron chi connectivity index (χ2n) is 7.59. The van der Waals surface area contributed by atoms with Crippen molar-refractivity contribution in [3.05, 3.63) is 72.1 Å². The molecule has 0 aliphatic carbocycles. The van der Waals surface area contributed by atoms with Crippen molar-refractivity contribution in [1.29, 1.82) is 0 Å². The number of benzene rings is 1. The fourth-order valence-corrected chi connectivity index (χ4v) is 5.25. The molecule has 0 unspecified atom stereocenters. The molecule has 3 heterocycles. The van der Waals surface area contributed by atoms with Gasteiger partial charge in [-0.05, 0) is 68.3 Å². The third kappa shape index (κ3) is 4.86. The van der Waals surface area contributed by atoms with Gasteiger partial charge < -0.3 is 10.1 Å². The molecule has 0 spiro atoms. The first-order valence-electron chi connectivity index (χ1n) is 10.3. The molecular formula is C23H26N4O3S. The molecule has 1 aromatic carbocycles. The molecule has 1 fully saturated rings. The molecule has 162 valence electrons. The molecule has 1 aliphatic heterocycles. The summed E-state index contributed by atoms with van der Waals surface area (Å²) < 4.78 is 32.6. The maximum absolute atomic E-state index is 13.0. The van der Waals surface area contributed by atoms with Gasteiger partial charge in [0.15, 0.2) is 0 Å². The molecule has 0 saturated carbocycles.